The van der Waals surface area contributed by atoms with Crippen molar-refractivity contribution in [2.24, 2.45) is 17.4 Å². The normalized spacial score (nSPS) is 19.0. The number of primary amides is 1. The second-order valence-electron chi connectivity index (χ2n) is 4.59. The van der Waals surface area contributed by atoms with Gasteiger partial charge in [-0.15, -0.1) is 0 Å². The van der Waals surface area contributed by atoms with E-state index < -0.39 is 11.4 Å². The van der Waals surface area contributed by atoms with E-state index in [2.05, 4.69) is 4.98 Å². The minimum atomic E-state index is -0.930. The maximum absolute atomic E-state index is 11.4. The lowest BCUT2D eigenvalue weighted by molar-refractivity contribution is -0.123. The Balaban J connectivity index is 2.02. The zero-order valence-corrected chi connectivity index (χ0v) is 10.8. The molecule has 0 radical (unpaired) electrons. The lowest BCUT2D eigenvalue weighted by Crippen LogP contribution is -2.56. The average Bonchev–Trinajstić information content (AvgIpc) is 3.04. The van der Waals surface area contributed by atoms with Gasteiger partial charge in [-0.1, -0.05) is 11.8 Å². The minimum Gasteiger partial charge on any atom is -0.437 e. The van der Waals surface area contributed by atoms with Gasteiger partial charge in [0.15, 0.2) is 0 Å². The molecule has 4 N–H and O–H groups in total. The molecule has 1 saturated carbocycles. The zero-order chi connectivity index (χ0) is 12.6. The molecule has 0 bridgehead atoms. The van der Waals surface area contributed by atoms with Crippen molar-refractivity contribution in [2.45, 2.75) is 37.5 Å². The molecular formula is C11H17N3O2S. The molecule has 94 valence electrons. The second kappa shape index (κ2) is 4.34. The zero-order valence-electron chi connectivity index (χ0n) is 10.0. The number of aryl methyl sites for hydroxylation is 2. The van der Waals surface area contributed by atoms with Crippen LogP contribution in [0.3, 0.4) is 0 Å². The van der Waals surface area contributed by atoms with Gasteiger partial charge in [0.05, 0.1) is 5.69 Å². The largest absolute Gasteiger partial charge is 0.437 e. The molecule has 1 aliphatic rings. The number of carbonyl (C=O) groups is 1. The van der Waals surface area contributed by atoms with Crippen molar-refractivity contribution in [1.82, 2.24) is 4.98 Å². The third-order valence-corrected chi connectivity index (χ3v) is 4.25. The van der Waals surface area contributed by atoms with Crippen LogP contribution in [0.1, 0.15) is 24.3 Å². The highest BCUT2D eigenvalue weighted by atomic mass is 32.2. The van der Waals surface area contributed by atoms with Gasteiger partial charge in [-0.25, -0.2) is 4.98 Å². The van der Waals surface area contributed by atoms with Crippen LogP contribution in [-0.2, 0) is 4.79 Å². The number of carbonyl (C=O) groups excluding carboxylic acids is 1. The average molecular weight is 255 g/mol. The Morgan fingerprint density at radius 1 is 1.59 bits per heavy atom. The number of rotatable bonds is 5. The first kappa shape index (κ1) is 12.4. The molecule has 0 aliphatic heterocycles. The van der Waals surface area contributed by atoms with E-state index in [4.69, 9.17) is 15.9 Å². The van der Waals surface area contributed by atoms with Crippen LogP contribution in [-0.4, -0.2) is 22.2 Å². The summed E-state index contributed by atoms with van der Waals surface area (Å²) in [7, 11) is 0. The summed E-state index contributed by atoms with van der Waals surface area (Å²) in [6.07, 6.45) is 1.95. The minimum absolute atomic E-state index is 0.213. The molecule has 1 fully saturated rings. The van der Waals surface area contributed by atoms with Gasteiger partial charge in [-0.05, 0) is 32.6 Å². The number of hydrogen-bond acceptors (Lipinski definition) is 5. The van der Waals surface area contributed by atoms with Crippen LogP contribution in [0.5, 0.6) is 0 Å². The second-order valence-corrected chi connectivity index (χ2v) is 5.52. The third kappa shape index (κ3) is 2.47. The fourth-order valence-electron chi connectivity index (χ4n) is 1.67. The molecule has 17 heavy (non-hydrogen) atoms. The smallest absolute Gasteiger partial charge is 0.256 e. The summed E-state index contributed by atoms with van der Waals surface area (Å²) >= 11 is 1.36. The van der Waals surface area contributed by atoms with E-state index in [1.165, 1.54) is 11.8 Å². The highest BCUT2D eigenvalue weighted by Crippen LogP contribution is 2.40. The number of nitrogens with two attached hydrogens (primary N) is 2. The summed E-state index contributed by atoms with van der Waals surface area (Å²) in [5.74, 6) is 0.990. The summed E-state index contributed by atoms with van der Waals surface area (Å²) in [4.78, 5) is 15.7. The number of oxazole rings is 1. The quantitative estimate of drug-likeness (QED) is 0.765. The van der Waals surface area contributed by atoms with Crippen molar-refractivity contribution in [2.75, 3.05) is 5.75 Å². The molecule has 1 amide bonds. The van der Waals surface area contributed by atoms with Crippen molar-refractivity contribution in [3.8, 4) is 0 Å². The Morgan fingerprint density at radius 2 is 2.24 bits per heavy atom. The van der Waals surface area contributed by atoms with Gasteiger partial charge in [-0.2, -0.15) is 0 Å². The fourth-order valence-corrected chi connectivity index (χ4v) is 2.80. The van der Waals surface area contributed by atoms with Gasteiger partial charge in [0.25, 0.3) is 5.22 Å². The van der Waals surface area contributed by atoms with E-state index in [0.717, 1.165) is 24.3 Å². The van der Waals surface area contributed by atoms with Gasteiger partial charge >= 0.3 is 0 Å². The maximum atomic E-state index is 11.4. The summed E-state index contributed by atoms with van der Waals surface area (Å²) in [5.41, 5.74) is 11.4. The number of aromatic nitrogens is 1. The molecule has 1 unspecified atom stereocenters. The van der Waals surface area contributed by atoms with E-state index >= 15 is 0 Å². The van der Waals surface area contributed by atoms with Crippen LogP contribution in [0.15, 0.2) is 9.64 Å². The van der Waals surface area contributed by atoms with Crippen LogP contribution in [0, 0.1) is 19.8 Å². The molecule has 1 aromatic rings. The monoisotopic (exact) mass is 255 g/mol. The Hall–Kier alpha value is -1.01. The van der Waals surface area contributed by atoms with Crippen molar-refractivity contribution >= 4 is 17.7 Å². The van der Waals surface area contributed by atoms with Crippen molar-refractivity contribution in [3.63, 3.8) is 0 Å². The summed E-state index contributed by atoms with van der Waals surface area (Å²) in [6, 6.07) is 0. The fraction of sp³-hybridized carbons (Fsp3) is 0.636. The summed E-state index contributed by atoms with van der Waals surface area (Å²) in [6.45, 7) is 3.74. The van der Waals surface area contributed by atoms with Gasteiger partial charge in [0.1, 0.15) is 11.3 Å². The predicted molar refractivity (Wildman–Crippen MR) is 65.5 cm³/mol. The first-order valence-electron chi connectivity index (χ1n) is 5.59. The summed E-state index contributed by atoms with van der Waals surface area (Å²) < 4.78 is 5.43. The molecule has 1 heterocycles. The van der Waals surface area contributed by atoms with Gasteiger partial charge in [-0.3, -0.25) is 4.79 Å². The van der Waals surface area contributed by atoms with E-state index in [9.17, 15) is 4.79 Å². The standard InChI is InChI=1S/C11H17N3O2S/c1-6-7(2)16-10(14-6)17-5-11(13,9(12)15)8-3-4-8/h8H,3-5,13H2,1-2H3,(H2,12,15). The van der Waals surface area contributed by atoms with Crippen LogP contribution in [0.4, 0.5) is 0 Å². The van der Waals surface area contributed by atoms with Gasteiger partial charge < -0.3 is 15.9 Å². The van der Waals surface area contributed by atoms with Gasteiger partial charge in [0, 0.05) is 5.75 Å². The molecule has 0 aromatic carbocycles. The van der Waals surface area contributed by atoms with Crippen LogP contribution < -0.4 is 11.5 Å². The predicted octanol–water partition coefficient (Wildman–Crippen LogP) is 0.976. The summed E-state index contributed by atoms with van der Waals surface area (Å²) in [5, 5.41) is 0.553. The van der Waals surface area contributed by atoms with E-state index in [1.54, 1.807) is 0 Å². The Bertz CT molecular complexity index is 422. The molecule has 5 nitrogen and oxygen atoms in total. The highest BCUT2D eigenvalue weighted by molar-refractivity contribution is 7.99. The SMILES string of the molecule is Cc1nc(SCC(N)(C(N)=O)C2CC2)oc1C. The number of thioether (sulfide) groups is 1. The number of amides is 1. The topological polar surface area (TPSA) is 95.1 Å². The Labute approximate surface area is 104 Å². The number of nitrogens with zero attached hydrogens (tertiary/aromatic N) is 1. The lowest BCUT2D eigenvalue weighted by atomic mass is 9.96. The van der Waals surface area contributed by atoms with Crippen molar-refractivity contribution in [1.29, 1.82) is 0 Å². The maximum Gasteiger partial charge on any atom is 0.256 e. The third-order valence-electron chi connectivity index (χ3n) is 3.21. The van der Waals surface area contributed by atoms with Crippen molar-refractivity contribution < 1.29 is 9.21 Å². The van der Waals surface area contributed by atoms with Crippen LogP contribution in [0.25, 0.3) is 0 Å². The lowest BCUT2D eigenvalue weighted by Gasteiger charge is -2.24. The molecule has 1 atom stereocenters. The molecule has 6 heteroatoms. The first-order chi connectivity index (χ1) is 7.93. The molecule has 1 aromatic heterocycles. The van der Waals surface area contributed by atoms with E-state index in [0.29, 0.717) is 11.0 Å². The van der Waals surface area contributed by atoms with Crippen LogP contribution in [0.2, 0.25) is 0 Å². The van der Waals surface area contributed by atoms with Gasteiger partial charge in [0.2, 0.25) is 5.91 Å². The van der Waals surface area contributed by atoms with Crippen molar-refractivity contribution in [3.05, 3.63) is 11.5 Å². The molecular weight excluding hydrogens is 238 g/mol. The Kier molecular flexibility index (Phi) is 3.18. The molecule has 1 aliphatic carbocycles. The van der Waals surface area contributed by atoms with E-state index in [1.807, 2.05) is 13.8 Å². The van der Waals surface area contributed by atoms with E-state index in [-0.39, 0.29) is 5.92 Å². The molecule has 0 spiro atoms. The molecule has 0 saturated heterocycles. The molecule has 2 rings (SSSR count). The van der Waals surface area contributed by atoms with Crippen LogP contribution >= 0.6 is 11.8 Å². The first-order valence-corrected chi connectivity index (χ1v) is 6.57. The Morgan fingerprint density at radius 3 is 2.65 bits per heavy atom. The highest BCUT2D eigenvalue weighted by Gasteiger charge is 2.47. The number of hydrogen-bond donors (Lipinski definition) is 2.